The lowest BCUT2D eigenvalue weighted by atomic mass is 10.2. The van der Waals surface area contributed by atoms with E-state index in [1.807, 2.05) is 26.0 Å². The van der Waals surface area contributed by atoms with Crippen LogP contribution in [0.4, 0.5) is 0 Å². The molecule has 1 aliphatic rings. The summed E-state index contributed by atoms with van der Waals surface area (Å²) < 4.78 is 27.8. The Bertz CT molecular complexity index is 896. The van der Waals surface area contributed by atoms with Crippen molar-refractivity contribution >= 4 is 26.8 Å². The van der Waals surface area contributed by atoms with Gasteiger partial charge in [0, 0.05) is 24.7 Å². The topological polar surface area (TPSA) is 79.4 Å². The Hall–Kier alpha value is -1.99. The van der Waals surface area contributed by atoms with Crippen molar-refractivity contribution in [2.75, 3.05) is 13.1 Å². The molecule has 1 aromatic heterocycles. The van der Waals surface area contributed by atoms with Gasteiger partial charge in [-0.25, -0.2) is 8.42 Å². The molecule has 0 radical (unpaired) electrons. The number of hydrogen-bond acceptors (Lipinski definition) is 4. The van der Waals surface area contributed by atoms with E-state index in [-0.39, 0.29) is 10.8 Å². The maximum absolute atomic E-state index is 13.2. The summed E-state index contributed by atoms with van der Waals surface area (Å²) >= 11 is 0. The van der Waals surface area contributed by atoms with Gasteiger partial charge in [-0.05, 0) is 43.9 Å². The van der Waals surface area contributed by atoms with Gasteiger partial charge in [-0.15, -0.1) is 0 Å². The van der Waals surface area contributed by atoms with Crippen LogP contribution in [0.2, 0.25) is 0 Å². The number of carbonyl (C=O) groups excluding carboxylic acids is 1. The predicted octanol–water partition coefficient (Wildman–Crippen LogP) is 2.22. The van der Waals surface area contributed by atoms with E-state index in [2.05, 4.69) is 10.3 Å². The van der Waals surface area contributed by atoms with E-state index in [0.717, 1.165) is 17.4 Å². The summed E-state index contributed by atoms with van der Waals surface area (Å²) in [6.07, 6.45) is 3.71. The number of amides is 1. The van der Waals surface area contributed by atoms with Gasteiger partial charge in [-0.1, -0.05) is 19.1 Å². The zero-order chi connectivity index (χ0) is 18.0. The lowest BCUT2D eigenvalue weighted by Crippen LogP contribution is -2.46. The van der Waals surface area contributed by atoms with E-state index in [1.54, 1.807) is 18.3 Å². The molecule has 0 bridgehead atoms. The number of nitrogens with one attached hydrogen (secondary N) is 1. The monoisotopic (exact) mass is 361 g/mol. The summed E-state index contributed by atoms with van der Waals surface area (Å²) in [5.41, 5.74) is 1.42. The van der Waals surface area contributed by atoms with Gasteiger partial charge >= 0.3 is 0 Å². The number of carbonyl (C=O) groups is 1. The van der Waals surface area contributed by atoms with Gasteiger partial charge in [-0.3, -0.25) is 9.78 Å². The number of pyridine rings is 1. The standard InChI is InChI=1S/C18H23N3O3S/c1-3-9-19-18(22)15-7-5-10-21(15)25(23,24)16-8-4-6-14-11-13(2)12-20-17(14)16/h4,6,8,11-12,15H,3,5,7,9-10H2,1-2H3,(H,19,22)/t15-/m1/s1. The number of rotatable bonds is 5. The van der Waals surface area contributed by atoms with Gasteiger partial charge in [0.25, 0.3) is 0 Å². The van der Waals surface area contributed by atoms with Crippen molar-refractivity contribution in [3.63, 3.8) is 0 Å². The molecule has 1 atom stereocenters. The summed E-state index contributed by atoms with van der Waals surface area (Å²) in [6, 6.07) is 6.41. The maximum atomic E-state index is 13.2. The first-order valence-corrected chi connectivity index (χ1v) is 10.0. The van der Waals surface area contributed by atoms with Gasteiger partial charge in [0.15, 0.2) is 0 Å². The molecule has 0 unspecified atom stereocenters. The largest absolute Gasteiger partial charge is 0.355 e. The van der Waals surface area contributed by atoms with E-state index in [9.17, 15) is 13.2 Å². The van der Waals surface area contributed by atoms with Crippen LogP contribution >= 0.6 is 0 Å². The van der Waals surface area contributed by atoms with Gasteiger partial charge in [-0.2, -0.15) is 4.31 Å². The van der Waals surface area contributed by atoms with Crippen LogP contribution in [-0.2, 0) is 14.8 Å². The normalized spacial score (nSPS) is 18.6. The van der Waals surface area contributed by atoms with E-state index in [0.29, 0.717) is 31.4 Å². The van der Waals surface area contributed by atoms with Gasteiger partial charge in [0.05, 0.1) is 5.52 Å². The van der Waals surface area contributed by atoms with Crippen molar-refractivity contribution in [3.8, 4) is 0 Å². The first kappa shape index (κ1) is 17.8. The molecule has 2 aromatic rings. The van der Waals surface area contributed by atoms with Gasteiger partial charge < -0.3 is 5.32 Å². The Morgan fingerprint density at radius 3 is 2.96 bits per heavy atom. The maximum Gasteiger partial charge on any atom is 0.245 e. The molecule has 25 heavy (non-hydrogen) atoms. The summed E-state index contributed by atoms with van der Waals surface area (Å²) in [6.45, 7) is 4.79. The van der Waals surface area contributed by atoms with Crippen molar-refractivity contribution in [3.05, 3.63) is 36.0 Å². The van der Waals surface area contributed by atoms with Crippen LogP contribution in [0.15, 0.2) is 35.4 Å². The fraction of sp³-hybridized carbons (Fsp3) is 0.444. The minimum Gasteiger partial charge on any atom is -0.355 e. The van der Waals surface area contributed by atoms with Crippen molar-refractivity contribution in [2.45, 2.75) is 44.0 Å². The number of sulfonamides is 1. The number of para-hydroxylation sites is 1. The Labute approximate surface area is 148 Å². The molecule has 3 rings (SSSR count). The highest BCUT2D eigenvalue weighted by Gasteiger charge is 2.40. The summed E-state index contributed by atoms with van der Waals surface area (Å²) in [7, 11) is -3.79. The predicted molar refractivity (Wildman–Crippen MR) is 96.7 cm³/mol. The molecule has 6 nitrogen and oxygen atoms in total. The third-order valence-electron chi connectivity index (χ3n) is 4.45. The minimum atomic E-state index is -3.79. The van der Waals surface area contributed by atoms with Crippen LogP contribution in [0.25, 0.3) is 10.9 Å². The molecule has 1 aromatic carbocycles. The molecular weight excluding hydrogens is 338 g/mol. The van der Waals surface area contributed by atoms with Crippen LogP contribution in [0.5, 0.6) is 0 Å². The molecule has 0 spiro atoms. The Balaban J connectivity index is 2.00. The molecule has 7 heteroatoms. The highest BCUT2D eigenvalue weighted by Crippen LogP contribution is 2.30. The molecule has 1 fully saturated rings. The number of nitrogens with zero attached hydrogens (tertiary/aromatic N) is 2. The van der Waals surface area contributed by atoms with Crippen LogP contribution in [0, 0.1) is 6.92 Å². The molecule has 1 saturated heterocycles. The second kappa shape index (κ2) is 7.09. The number of aryl methyl sites for hydroxylation is 1. The molecule has 134 valence electrons. The first-order valence-electron chi connectivity index (χ1n) is 8.60. The number of benzene rings is 1. The quantitative estimate of drug-likeness (QED) is 0.886. The summed E-state index contributed by atoms with van der Waals surface area (Å²) in [4.78, 5) is 16.9. The number of aromatic nitrogens is 1. The molecule has 0 saturated carbocycles. The van der Waals surface area contributed by atoms with Crippen molar-refractivity contribution in [1.29, 1.82) is 0 Å². The Kier molecular flexibility index (Phi) is 5.06. The average Bonchev–Trinajstić information content (AvgIpc) is 3.09. The van der Waals surface area contributed by atoms with E-state index < -0.39 is 16.1 Å². The second-order valence-corrected chi connectivity index (χ2v) is 8.26. The summed E-state index contributed by atoms with van der Waals surface area (Å²) in [5.74, 6) is -0.216. The fourth-order valence-electron chi connectivity index (χ4n) is 3.23. The number of hydrogen-bond donors (Lipinski definition) is 1. The molecule has 2 heterocycles. The van der Waals surface area contributed by atoms with E-state index in [4.69, 9.17) is 0 Å². The SMILES string of the molecule is CCCNC(=O)[C@H]1CCCN1S(=O)(=O)c1cccc2cc(C)cnc12. The zero-order valence-electron chi connectivity index (χ0n) is 14.5. The lowest BCUT2D eigenvalue weighted by Gasteiger charge is -2.23. The molecule has 0 aliphatic carbocycles. The second-order valence-electron chi connectivity index (χ2n) is 6.41. The van der Waals surface area contributed by atoms with Crippen LogP contribution in [-0.4, -0.2) is 42.7 Å². The fourth-order valence-corrected chi connectivity index (χ4v) is 5.06. The average molecular weight is 361 g/mol. The van der Waals surface area contributed by atoms with Crippen LogP contribution < -0.4 is 5.32 Å². The van der Waals surface area contributed by atoms with E-state index in [1.165, 1.54) is 4.31 Å². The third-order valence-corrected chi connectivity index (χ3v) is 6.39. The Morgan fingerprint density at radius 2 is 2.20 bits per heavy atom. The molecule has 1 amide bonds. The van der Waals surface area contributed by atoms with Crippen molar-refractivity contribution < 1.29 is 13.2 Å². The highest BCUT2D eigenvalue weighted by atomic mass is 32.2. The summed E-state index contributed by atoms with van der Waals surface area (Å²) in [5, 5.41) is 3.60. The highest BCUT2D eigenvalue weighted by molar-refractivity contribution is 7.89. The number of fused-ring (bicyclic) bond motifs is 1. The molecule has 1 aliphatic heterocycles. The van der Waals surface area contributed by atoms with Crippen LogP contribution in [0.1, 0.15) is 31.7 Å². The van der Waals surface area contributed by atoms with Gasteiger partial charge in [0.1, 0.15) is 10.9 Å². The van der Waals surface area contributed by atoms with E-state index >= 15 is 0 Å². The minimum absolute atomic E-state index is 0.167. The van der Waals surface area contributed by atoms with Crippen molar-refractivity contribution in [2.24, 2.45) is 0 Å². The lowest BCUT2D eigenvalue weighted by molar-refractivity contribution is -0.124. The molecular formula is C18H23N3O3S. The zero-order valence-corrected chi connectivity index (χ0v) is 15.3. The Morgan fingerprint density at radius 1 is 1.40 bits per heavy atom. The van der Waals surface area contributed by atoms with Crippen molar-refractivity contribution in [1.82, 2.24) is 14.6 Å². The molecule has 1 N–H and O–H groups in total. The smallest absolute Gasteiger partial charge is 0.245 e. The van der Waals surface area contributed by atoms with Crippen LogP contribution in [0.3, 0.4) is 0 Å². The third kappa shape index (κ3) is 3.39. The van der Waals surface area contributed by atoms with Gasteiger partial charge in [0.2, 0.25) is 15.9 Å². The first-order chi connectivity index (χ1) is 11.9.